The molecular formula is C19H25FN4. The number of nitrogens with zero attached hydrogens (tertiary/aromatic N) is 2. The molecule has 0 saturated heterocycles. The summed E-state index contributed by atoms with van der Waals surface area (Å²) >= 11 is 0. The average molecular weight is 328 g/mol. The van der Waals surface area contributed by atoms with E-state index < -0.39 is 0 Å². The van der Waals surface area contributed by atoms with Crippen molar-refractivity contribution in [3.8, 4) is 0 Å². The molecule has 1 aromatic heterocycles. The Morgan fingerprint density at radius 3 is 2.54 bits per heavy atom. The van der Waals surface area contributed by atoms with Crippen LogP contribution in [-0.2, 0) is 12.0 Å². The van der Waals surface area contributed by atoms with Crippen LogP contribution in [0.1, 0.15) is 32.0 Å². The predicted molar refractivity (Wildman–Crippen MR) is 96.5 cm³/mol. The van der Waals surface area contributed by atoms with E-state index in [1.165, 1.54) is 6.07 Å². The van der Waals surface area contributed by atoms with Crippen LogP contribution in [0.4, 0.5) is 4.39 Å². The summed E-state index contributed by atoms with van der Waals surface area (Å²) in [6.45, 7) is 7.87. The number of rotatable bonds is 6. The van der Waals surface area contributed by atoms with Gasteiger partial charge >= 0.3 is 0 Å². The molecule has 4 nitrogen and oxygen atoms in total. The molecule has 2 aromatic rings. The van der Waals surface area contributed by atoms with E-state index in [4.69, 9.17) is 0 Å². The van der Waals surface area contributed by atoms with E-state index in [1.807, 2.05) is 51.1 Å². The molecule has 0 atom stereocenters. The second-order valence-corrected chi connectivity index (χ2v) is 6.23. The Hall–Kier alpha value is -2.43. The van der Waals surface area contributed by atoms with E-state index in [-0.39, 0.29) is 11.2 Å². The molecule has 2 N–H and O–H groups in total. The zero-order valence-electron chi connectivity index (χ0n) is 14.5. The van der Waals surface area contributed by atoms with E-state index in [0.29, 0.717) is 24.6 Å². The van der Waals surface area contributed by atoms with Gasteiger partial charge in [0.25, 0.3) is 0 Å². The SMILES string of the molecule is CCNC(=NCc1ccccn1)NCC(C)(C)c1ccccc1F. The number of guanidine groups is 1. The van der Waals surface area contributed by atoms with E-state index >= 15 is 0 Å². The molecule has 0 radical (unpaired) electrons. The van der Waals surface area contributed by atoms with E-state index in [1.54, 1.807) is 12.3 Å². The van der Waals surface area contributed by atoms with Crippen molar-refractivity contribution in [3.63, 3.8) is 0 Å². The summed E-state index contributed by atoms with van der Waals surface area (Å²) in [4.78, 5) is 8.81. The highest BCUT2D eigenvalue weighted by Gasteiger charge is 2.24. The highest BCUT2D eigenvalue weighted by Crippen LogP contribution is 2.24. The predicted octanol–water partition coefficient (Wildman–Crippen LogP) is 3.25. The normalized spacial score (nSPS) is 12.1. The van der Waals surface area contributed by atoms with Gasteiger partial charge in [-0.1, -0.05) is 38.1 Å². The maximum atomic E-state index is 14.0. The monoisotopic (exact) mass is 328 g/mol. The summed E-state index contributed by atoms with van der Waals surface area (Å²) in [5, 5.41) is 6.51. The van der Waals surface area contributed by atoms with Crippen molar-refractivity contribution >= 4 is 5.96 Å². The fraction of sp³-hybridized carbons (Fsp3) is 0.368. The Bertz CT molecular complexity index is 668. The van der Waals surface area contributed by atoms with Gasteiger partial charge in [-0.25, -0.2) is 9.38 Å². The Labute approximate surface area is 143 Å². The topological polar surface area (TPSA) is 49.3 Å². The fourth-order valence-electron chi connectivity index (χ4n) is 2.40. The molecule has 0 spiro atoms. The van der Waals surface area contributed by atoms with Crippen LogP contribution in [0.15, 0.2) is 53.7 Å². The van der Waals surface area contributed by atoms with Gasteiger partial charge in [-0.05, 0) is 30.7 Å². The van der Waals surface area contributed by atoms with Gasteiger partial charge in [0.15, 0.2) is 5.96 Å². The zero-order valence-corrected chi connectivity index (χ0v) is 14.5. The van der Waals surface area contributed by atoms with Crippen LogP contribution in [0.5, 0.6) is 0 Å². The van der Waals surface area contributed by atoms with Crippen molar-refractivity contribution in [2.24, 2.45) is 4.99 Å². The lowest BCUT2D eigenvalue weighted by Crippen LogP contribution is -2.43. The summed E-state index contributed by atoms with van der Waals surface area (Å²) < 4.78 is 14.0. The number of aliphatic imine (C=N–C) groups is 1. The lowest BCUT2D eigenvalue weighted by atomic mass is 9.84. The zero-order chi connectivity index (χ0) is 17.4. The molecule has 1 heterocycles. The summed E-state index contributed by atoms with van der Waals surface area (Å²) in [6, 6.07) is 12.7. The third-order valence-corrected chi connectivity index (χ3v) is 3.77. The Morgan fingerprint density at radius 2 is 1.88 bits per heavy atom. The quantitative estimate of drug-likeness (QED) is 0.632. The lowest BCUT2D eigenvalue weighted by Gasteiger charge is -2.27. The minimum Gasteiger partial charge on any atom is -0.357 e. The number of hydrogen-bond acceptors (Lipinski definition) is 2. The van der Waals surface area contributed by atoms with E-state index in [0.717, 1.165) is 12.2 Å². The van der Waals surface area contributed by atoms with Gasteiger partial charge in [0.2, 0.25) is 0 Å². The lowest BCUT2D eigenvalue weighted by molar-refractivity contribution is 0.473. The molecule has 0 aliphatic heterocycles. The standard InChI is InChI=1S/C19H25FN4/c1-4-21-18(23-13-15-9-7-8-12-22-15)24-14-19(2,3)16-10-5-6-11-17(16)20/h5-12H,4,13-14H2,1-3H3,(H2,21,23,24). The molecule has 1 aromatic carbocycles. The fourth-order valence-corrected chi connectivity index (χ4v) is 2.40. The number of halogens is 1. The highest BCUT2D eigenvalue weighted by molar-refractivity contribution is 5.79. The van der Waals surface area contributed by atoms with Gasteiger partial charge in [-0.15, -0.1) is 0 Å². The minimum absolute atomic E-state index is 0.181. The second-order valence-electron chi connectivity index (χ2n) is 6.23. The van der Waals surface area contributed by atoms with Crippen LogP contribution in [0.2, 0.25) is 0 Å². The van der Waals surface area contributed by atoms with E-state index in [2.05, 4.69) is 20.6 Å². The van der Waals surface area contributed by atoms with Crippen LogP contribution >= 0.6 is 0 Å². The molecule has 0 saturated carbocycles. The first-order chi connectivity index (χ1) is 11.5. The summed E-state index contributed by atoms with van der Waals surface area (Å²) in [5.41, 5.74) is 1.24. The van der Waals surface area contributed by atoms with Gasteiger partial charge in [0, 0.05) is 24.7 Å². The summed E-state index contributed by atoms with van der Waals surface area (Å²) in [7, 11) is 0. The molecule has 0 aliphatic rings. The molecule has 0 aliphatic carbocycles. The highest BCUT2D eigenvalue weighted by atomic mass is 19.1. The largest absolute Gasteiger partial charge is 0.357 e. The van der Waals surface area contributed by atoms with Gasteiger partial charge < -0.3 is 10.6 Å². The number of aromatic nitrogens is 1. The van der Waals surface area contributed by atoms with Gasteiger partial charge in [0.1, 0.15) is 5.82 Å². The molecule has 0 unspecified atom stereocenters. The van der Waals surface area contributed by atoms with Crippen molar-refractivity contribution in [1.29, 1.82) is 0 Å². The van der Waals surface area contributed by atoms with Crippen LogP contribution in [0.3, 0.4) is 0 Å². The third-order valence-electron chi connectivity index (χ3n) is 3.77. The summed E-state index contributed by atoms with van der Waals surface area (Å²) in [5.74, 6) is 0.521. The van der Waals surface area contributed by atoms with Crippen LogP contribution in [-0.4, -0.2) is 24.0 Å². The third kappa shape index (κ3) is 5.05. The molecule has 0 amide bonds. The Morgan fingerprint density at radius 1 is 1.12 bits per heavy atom. The smallest absolute Gasteiger partial charge is 0.191 e. The maximum absolute atomic E-state index is 14.0. The Balaban J connectivity index is 2.04. The Kier molecular flexibility index (Phi) is 6.29. The van der Waals surface area contributed by atoms with Crippen LogP contribution in [0, 0.1) is 5.82 Å². The summed E-state index contributed by atoms with van der Waals surface area (Å²) in [6.07, 6.45) is 1.76. The van der Waals surface area contributed by atoms with Crippen LogP contribution < -0.4 is 10.6 Å². The van der Waals surface area contributed by atoms with Crippen molar-refractivity contribution < 1.29 is 4.39 Å². The molecule has 0 bridgehead atoms. The van der Waals surface area contributed by atoms with Gasteiger partial charge in [-0.2, -0.15) is 0 Å². The van der Waals surface area contributed by atoms with Crippen molar-refractivity contribution in [3.05, 3.63) is 65.7 Å². The number of pyridine rings is 1. The van der Waals surface area contributed by atoms with Crippen molar-refractivity contribution in [2.45, 2.75) is 32.7 Å². The first-order valence-corrected chi connectivity index (χ1v) is 8.20. The molecule has 5 heteroatoms. The minimum atomic E-state index is -0.355. The van der Waals surface area contributed by atoms with E-state index in [9.17, 15) is 4.39 Å². The van der Waals surface area contributed by atoms with Crippen LogP contribution in [0.25, 0.3) is 0 Å². The first kappa shape index (κ1) is 17.9. The molecule has 128 valence electrons. The van der Waals surface area contributed by atoms with Crippen molar-refractivity contribution in [2.75, 3.05) is 13.1 Å². The average Bonchev–Trinajstić information content (AvgIpc) is 2.58. The van der Waals surface area contributed by atoms with Crippen molar-refractivity contribution in [1.82, 2.24) is 15.6 Å². The maximum Gasteiger partial charge on any atom is 0.191 e. The molecular weight excluding hydrogens is 303 g/mol. The van der Waals surface area contributed by atoms with Gasteiger partial charge in [-0.3, -0.25) is 4.98 Å². The second kappa shape index (κ2) is 8.43. The number of benzene rings is 1. The number of nitrogens with one attached hydrogen (secondary N) is 2. The molecule has 24 heavy (non-hydrogen) atoms. The van der Waals surface area contributed by atoms with Gasteiger partial charge in [0.05, 0.1) is 12.2 Å². The number of hydrogen-bond donors (Lipinski definition) is 2. The first-order valence-electron chi connectivity index (χ1n) is 8.20. The molecule has 2 rings (SSSR count). The molecule has 0 fully saturated rings.